The van der Waals surface area contributed by atoms with Crippen LogP contribution in [-0.2, 0) is 4.74 Å². The average Bonchev–Trinajstić information content (AvgIpc) is 2.33. The Hall–Kier alpha value is -1.57. The Bertz CT molecular complexity index is 378. The molecule has 0 spiro atoms. The van der Waals surface area contributed by atoms with E-state index in [1.54, 1.807) is 7.11 Å². The number of fused-ring (bicyclic) bond motifs is 1. The van der Waals surface area contributed by atoms with E-state index in [2.05, 4.69) is 0 Å². The molecular formula is C13H16O2. The quantitative estimate of drug-likeness (QED) is 0.701. The van der Waals surface area contributed by atoms with Gasteiger partial charge in [0, 0.05) is 17.5 Å². The van der Waals surface area contributed by atoms with Gasteiger partial charge in [-0.1, -0.05) is 38.1 Å². The summed E-state index contributed by atoms with van der Waals surface area (Å²) >= 11 is 0. The largest absolute Gasteiger partial charge is 0.496 e. The zero-order chi connectivity index (χ0) is 11.3. The van der Waals surface area contributed by atoms with Gasteiger partial charge in [0.05, 0.1) is 7.11 Å². The van der Waals surface area contributed by atoms with E-state index in [-0.39, 0.29) is 5.78 Å². The molecular weight excluding hydrogens is 188 g/mol. The topological polar surface area (TPSA) is 26.3 Å². The average molecular weight is 204 g/mol. The Morgan fingerprint density at radius 2 is 1.73 bits per heavy atom. The summed E-state index contributed by atoms with van der Waals surface area (Å²) in [5.41, 5.74) is 1.67. The second-order valence-corrected chi connectivity index (χ2v) is 2.95. The van der Waals surface area contributed by atoms with Gasteiger partial charge in [-0.15, -0.1) is 0 Å². The number of methoxy groups -OCH3 is 1. The Morgan fingerprint density at radius 3 is 2.33 bits per heavy atom. The molecule has 0 N–H and O–H groups in total. The minimum absolute atomic E-state index is 0.163. The fourth-order valence-electron chi connectivity index (χ4n) is 1.54. The molecule has 2 nitrogen and oxygen atoms in total. The predicted octanol–water partition coefficient (Wildman–Crippen LogP) is 3.29. The monoisotopic (exact) mass is 204 g/mol. The Morgan fingerprint density at radius 1 is 1.13 bits per heavy atom. The molecule has 0 bridgehead atoms. The second-order valence-electron chi connectivity index (χ2n) is 2.95. The number of carbonyl (C=O) groups excluding carboxylic acids is 1. The molecule has 1 aliphatic carbocycles. The molecule has 2 rings (SSSR count). The summed E-state index contributed by atoms with van der Waals surface area (Å²) in [4.78, 5) is 11.4. The number of benzene rings is 1. The van der Waals surface area contributed by atoms with E-state index in [0.29, 0.717) is 6.42 Å². The third kappa shape index (κ3) is 2.27. The molecule has 1 aromatic carbocycles. The number of ether oxygens (including phenoxy) is 1. The van der Waals surface area contributed by atoms with Gasteiger partial charge >= 0.3 is 0 Å². The number of Topliss-reactive ketones (excluding diaryl/α,β-unsaturated/α-hetero) is 1. The second kappa shape index (κ2) is 5.35. The smallest absolute Gasteiger partial charge is 0.167 e. The molecule has 0 unspecified atom stereocenters. The molecule has 0 fully saturated rings. The molecule has 0 heterocycles. The molecule has 1 aromatic rings. The molecule has 2 heteroatoms. The Kier molecular flexibility index (Phi) is 4.10. The maximum absolute atomic E-state index is 11.4. The molecule has 0 radical (unpaired) electrons. The van der Waals surface area contributed by atoms with E-state index in [9.17, 15) is 4.79 Å². The van der Waals surface area contributed by atoms with Gasteiger partial charge in [0.25, 0.3) is 0 Å². The maximum atomic E-state index is 11.4. The number of ketones is 1. The summed E-state index contributed by atoms with van der Waals surface area (Å²) < 4.78 is 5.17. The van der Waals surface area contributed by atoms with Crippen molar-refractivity contribution in [1.82, 2.24) is 0 Å². The van der Waals surface area contributed by atoms with E-state index in [1.807, 2.05) is 44.2 Å². The highest BCUT2D eigenvalue weighted by atomic mass is 16.5. The van der Waals surface area contributed by atoms with Crippen molar-refractivity contribution in [3.05, 3.63) is 41.5 Å². The van der Waals surface area contributed by atoms with Crippen LogP contribution in [0.3, 0.4) is 0 Å². The van der Waals surface area contributed by atoms with E-state index in [1.165, 1.54) is 0 Å². The summed E-state index contributed by atoms with van der Waals surface area (Å²) in [6.07, 6.45) is 2.27. The molecule has 0 saturated heterocycles. The molecule has 0 aromatic heterocycles. The highest BCUT2D eigenvalue weighted by Crippen LogP contribution is 2.26. The normalized spacial score (nSPS) is 13.3. The zero-order valence-electron chi connectivity index (χ0n) is 9.41. The third-order valence-corrected chi connectivity index (χ3v) is 2.19. The first-order valence-corrected chi connectivity index (χ1v) is 5.19. The lowest BCUT2D eigenvalue weighted by Crippen LogP contribution is -2.08. The SMILES string of the molecule is CC.COC1=CCC(=O)c2ccccc21. The summed E-state index contributed by atoms with van der Waals surface area (Å²) in [5, 5.41) is 0. The van der Waals surface area contributed by atoms with Crippen molar-refractivity contribution < 1.29 is 9.53 Å². The van der Waals surface area contributed by atoms with Crippen LogP contribution in [-0.4, -0.2) is 12.9 Å². The van der Waals surface area contributed by atoms with Crippen LogP contribution in [0.25, 0.3) is 5.76 Å². The fraction of sp³-hybridized carbons (Fsp3) is 0.308. The standard InChI is InChI=1S/C11H10O2.C2H6/c1-13-11-7-6-10(12)8-4-2-3-5-9(8)11;1-2/h2-5,7H,6H2,1H3;1-2H3. The first-order chi connectivity index (χ1) is 7.33. The number of hydrogen-bond donors (Lipinski definition) is 0. The van der Waals surface area contributed by atoms with Crippen molar-refractivity contribution in [3.8, 4) is 0 Å². The van der Waals surface area contributed by atoms with Gasteiger partial charge in [0.1, 0.15) is 5.76 Å². The number of rotatable bonds is 1. The van der Waals surface area contributed by atoms with E-state index in [4.69, 9.17) is 4.74 Å². The first kappa shape index (κ1) is 11.5. The van der Waals surface area contributed by atoms with Crippen LogP contribution in [0.2, 0.25) is 0 Å². The van der Waals surface area contributed by atoms with Crippen LogP contribution in [0.4, 0.5) is 0 Å². The minimum Gasteiger partial charge on any atom is -0.496 e. The van der Waals surface area contributed by atoms with Gasteiger partial charge in [-0.2, -0.15) is 0 Å². The molecule has 0 saturated carbocycles. The minimum atomic E-state index is 0.163. The van der Waals surface area contributed by atoms with Gasteiger partial charge in [0.15, 0.2) is 5.78 Å². The van der Waals surface area contributed by atoms with Crippen LogP contribution in [0, 0.1) is 0 Å². The van der Waals surface area contributed by atoms with E-state index >= 15 is 0 Å². The molecule has 0 atom stereocenters. The van der Waals surface area contributed by atoms with Gasteiger partial charge in [0.2, 0.25) is 0 Å². The molecule has 1 aliphatic rings. The van der Waals surface area contributed by atoms with Crippen LogP contribution < -0.4 is 0 Å². The van der Waals surface area contributed by atoms with Crippen molar-refractivity contribution in [1.29, 1.82) is 0 Å². The Labute approximate surface area is 90.6 Å². The summed E-state index contributed by atoms with van der Waals surface area (Å²) in [6.45, 7) is 4.00. The lowest BCUT2D eigenvalue weighted by atomic mass is 9.95. The highest BCUT2D eigenvalue weighted by Gasteiger charge is 2.18. The zero-order valence-corrected chi connectivity index (χ0v) is 9.41. The third-order valence-electron chi connectivity index (χ3n) is 2.19. The molecule has 0 aliphatic heterocycles. The summed E-state index contributed by atoms with van der Waals surface area (Å²) in [6, 6.07) is 7.52. The maximum Gasteiger partial charge on any atom is 0.167 e. The van der Waals surface area contributed by atoms with Crippen molar-refractivity contribution in [2.24, 2.45) is 0 Å². The highest BCUT2D eigenvalue weighted by molar-refractivity contribution is 6.03. The van der Waals surface area contributed by atoms with Crippen molar-refractivity contribution in [3.63, 3.8) is 0 Å². The predicted molar refractivity (Wildman–Crippen MR) is 61.7 cm³/mol. The van der Waals surface area contributed by atoms with E-state index in [0.717, 1.165) is 16.9 Å². The van der Waals surface area contributed by atoms with Crippen molar-refractivity contribution >= 4 is 11.5 Å². The van der Waals surface area contributed by atoms with Gasteiger partial charge < -0.3 is 4.74 Å². The lowest BCUT2D eigenvalue weighted by Gasteiger charge is -2.14. The first-order valence-electron chi connectivity index (χ1n) is 5.19. The Balaban J connectivity index is 0.000000531. The van der Waals surface area contributed by atoms with Crippen molar-refractivity contribution in [2.75, 3.05) is 7.11 Å². The van der Waals surface area contributed by atoms with Crippen LogP contribution in [0.15, 0.2) is 30.3 Å². The summed E-state index contributed by atoms with van der Waals surface area (Å²) in [7, 11) is 1.62. The molecule has 15 heavy (non-hydrogen) atoms. The lowest BCUT2D eigenvalue weighted by molar-refractivity contribution is 0.0992. The van der Waals surface area contributed by atoms with Crippen LogP contribution >= 0.6 is 0 Å². The van der Waals surface area contributed by atoms with E-state index < -0.39 is 0 Å². The molecule has 80 valence electrons. The summed E-state index contributed by atoms with van der Waals surface area (Å²) in [5.74, 6) is 0.964. The number of hydrogen-bond acceptors (Lipinski definition) is 2. The van der Waals surface area contributed by atoms with Crippen molar-refractivity contribution in [2.45, 2.75) is 20.3 Å². The number of carbonyl (C=O) groups is 1. The molecule has 0 amide bonds. The van der Waals surface area contributed by atoms with Gasteiger partial charge in [-0.05, 0) is 6.08 Å². The van der Waals surface area contributed by atoms with Gasteiger partial charge in [-0.25, -0.2) is 0 Å². The van der Waals surface area contributed by atoms with Crippen LogP contribution in [0.5, 0.6) is 0 Å². The van der Waals surface area contributed by atoms with Gasteiger partial charge in [-0.3, -0.25) is 4.79 Å². The number of allylic oxidation sites excluding steroid dienone is 1. The van der Waals surface area contributed by atoms with Crippen LogP contribution in [0.1, 0.15) is 36.2 Å². The fourth-order valence-corrected chi connectivity index (χ4v) is 1.54.